The number of ketones is 1. The number of Topliss-reactive ketones (excluding diaryl/α,β-unsaturated/α-hetero) is 1. The van der Waals surface area contributed by atoms with E-state index in [0.29, 0.717) is 17.6 Å². The molecule has 98 valence electrons. The van der Waals surface area contributed by atoms with Crippen molar-refractivity contribution in [3.05, 3.63) is 34.3 Å². The van der Waals surface area contributed by atoms with Gasteiger partial charge in [-0.2, -0.15) is 0 Å². The van der Waals surface area contributed by atoms with Gasteiger partial charge in [0, 0.05) is 16.3 Å². The second-order valence-corrected chi connectivity index (χ2v) is 6.66. The Hall–Kier alpha value is -0.630. The lowest BCUT2D eigenvalue weighted by Gasteiger charge is -2.35. The summed E-state index contributed by atoms with van der Waals surface area (Å²) in [6.07, 6.45) is 2.21. The lowest BCUT2D eigenvalue weighted by Crippen LogP contribution is -2.35. The highest BCUT2D eigenvalue weighted by Gasteiger charge is 2.38. The largest absolute Gasteiger partial charge is 0.299 e. The predicted octanol–water partition coefficient (Wildman–Crippen LogP) is 4.80. The topological polar surface area (TPSA) is 17.1 Å². The van der Waals surface area contributed by atoms with Crippen LogP contribution >= 0.6 is 15.9 Å². The Labute approximate surface area is 118 Å². The zero-order valence-corrected chi connectivity index (χ0v) is 12.9. The summed E-state index contributed by atoms with van der Waals surface area (Å²) >= 11 is 3.59. The van der Waals surface area contributed by atoms with Crippen molar-refractivity contribution in [1.29, 1.82) is 0 Å². The van der Waals surface area contributed by atoms with Crippen LogP contribution in [-0.4, -0.2) is 5.78 Å². The third-order valence-corrected chi connectivity index (χ3v) is 4.94. The van der Waals surface area contributed by atoms with E-state index in [-0.39, 0.29) is 11.8 Å². The molecule has 0 aromatic heterocycles. The first kappa shape index (κ1) is 13.8. The highest BCUT2D eigenvalue weighted by molar-refractivity contribution is 9.10. The summed E-state index contributed by atoms with van der Waals surface area (Å²) in [5.74, 6) is 1.65. The molecule has 0 heterocycles. The molecule has 2 heteroatoms. The summed E-state index contributed by atoms with van der Waals surface area (Å²) in [5.41, 5.74) is 1.17. The van der Waals surface area contributed by atoms with Gasteiger partial charge in [0.2, 0.25) is 0 Å². The maximum Gasteiger partial charge on any atom is 0.143 e. The molecule has 1 aliphatic rings. The van der Waals surface area contributed by atoms with Crippen molar-refractivity contribution >= 4 is 21.7 Å². The molecule has 2 rings (SSSR count). The van der Waals surface area contributed by atoms with Gasteiger partial charge in [0.25, 0.3) is 0 Å². The van der Waals surface area contributed by atoms with Gasteiger partial charge in [-0.3, -0.25) is 4.79 Å². The molecule has 1 aliphatic carbocycles. The zero-order chi connectivity index (χ0) is 13.3. The molecule has 0 radical (unpaired) electrons. The van der Waals surface area contributed by atoms with Gasteiger partial charge in [0.1, 0.15) is 5.78 Å². The second kappa shape index (κ2) is 5.56. The fraction of sp³-hybridized carbons (Fsp3) is 0.562. The average molecular weight is 309 g/mol. The van der Waals surface area contributed by atoms with Crippen molar-refractivity contribution in [2.45, 2.75) is 39.5 Å². The van der Waals surface area contributed by atoms with Crippen LogP contribution in [0.5, 0.6) is 0 Å². The minimum Gasteiger partial charge on any atom is -0.299 e. The van der Waals surface area contributed by atoms with Crippen LogP contribution in [0.2, 0.25) is 0 Å². The summed E-state index contributed by atoms with van der Waals surface area (Å²) in [5, 5.41) is 0. The van der Waals surface area contributed by atoms with Gasteiger partial charge in [0.15, 0.2) is 0 Å². The van der Waals surface area contributed by atoms with Crippen LogP contribution in [0.15, 0.2) is 28.7 Å². The van der Waals surface area contributed by atoms with Gasteiger partial charge in [-0.25, -0.2) is 0 Å². The monoisotopic (exact) mass is 308 g/mol. The molecule has 0 bridgehead atoms. The predicted molar refractivity (Wildman–Crippen MR) is 78.6 cm³/mol. The highest BCUT2D eigenvalue weighted by Crippen LogP contribution is 2.42. The van der Waals surface area contributed by atoms with E-state index in [4.69, 9.17) is 0 Å². The number of hydrogen-bond acceptors (Lipinski definition) is 1. The van der Waals surface area contributed by atoms with Crippen LogP contribution in [0, 0.1) is 17.8 Å². The Morgan fingerprint density at radius 1 is 1.22 bits per heavy atom. The first-order valence-electron chi connectivity index (χ1n) is 6.80. The molecular weight excluding hydrogens is 288 g/mol. The smallest absolute Gasteiger partial charge is 0.143 e. The van der Waals surface area contributed by atoms with E-state index in [1.807, 2.05) is 18.2 Å². The van der Waals surface area contributed by atoms with E-state index < -0.39 is 0 Å². The lowest BCUT2D eigenvalue weighted by molar-refractivity contribution is -0.129. The van der Waals surface area contributed by atoms with Crippen molar-refractivity contribution in [2.24, 2.45) is 17.8 Å². The molecule has 2 unspecified atom stereocenters. The SMILES string of the molecule is CC1CC[C@@H](C(C)C)C(=O)C1c1ccccc1Br. The Balaban J connectivity index is 2.35. The summed E-state index contributed by atoms with van der Waals surface area (Å²) < 4.78 is 1.07. The fourth-order valence-corrected chi connectivity index (χ4v) is 3.64. The molecule has 0 saturated heterocycles. The van der Waals surface area contributed by atoms with Gasteiger partial charge >= 0.3 is 0 Å². The van der Waals surface area contributed by atoms with Crippen molar-refractivity contribution in [2.75, 3.05) is 0 Å². The Bertz CT molecular complexity index is 438. The fourth-order valence-electron chi connectivity index (χ4n) is 3.11. The van der Waals surface area contributed by atoms with E-state index >= 15 is 0 Å². The van der Waals surface area contributed by atoms with Crippen molar-refractivity contribution in [1.82, 2.24) is 0 Å². The normalized spacial score (nSPS) is 28.7. The van der Waals surface area contributed by atoms with Gasteiger partial charge in [0.05, 0.1) is 0 Å². The van der Waals surface area contributed by atoms with E-state index in [0.717, 1.165) is 17.3 Å². The average Bonchev–Trinajstić information content (AvgIpc) is 2.31. The van der Waals surface area contributed by atoms with E-state index in [2.05, 4.69) is 42.8 Å². The van der Waals surface area contributed by atoms with Crippen LogP contribution in [-0.2, 0) is 4.79 Å². The van der Waals surface area contributed by atoms with Gasteiger partial charge < -0.3 is 0 Å². The van der Waals surface area contributed by atoms with Crippen LogP contribution in [0.3, 0.4) is 0 Å². The van der Waals surface area contributed by atoms with Crippen LogP contribution < -0.4 is 0 Å². The molecule has 1 saturated carbocycles. The summed E-state index contributed by atoms with van der Waals surface area (Å²) in [6, 6.07) is 8.16. The van der Waals surface area contributed by atoms with E-state index in [9.17, 15) is 4.79 Å². The molecule has 0 amide bonds. The number of benzene rings is 1. The van der Waals surface area contributed by atoms with E-state index in [1.54, 1.807) is 0 Å². The third kappa shape index (κ3) is 2.54. The van der Waals surface area contributed by atoms with Crippen molar-refractivity contribution in [3.63, 3.8) is 0 Å². The molecule has 3 atom stereocenters. The van der Waals surface area contributed by atoms with Gasteiger partial charge in [-0.05, 0) is 36.3 Å². The molecule has 1 fully saturated rings. The van der Waals surface area contributed by atoms with Crippen molar-refractivity contribution < 1.29 is 4.79 Å². The van der Waals surface area contributed by atoms with Gasteiger partial charge in [-0.15, -0.1) is 0 Å². The van der Waals surface area contributed by atoms with Crippen molar-refractivity contribution in [3.8, 4) is 0 Å². The maximum absolute atomic E-state index is 12.7. The molecule has 0 spiro atoms. The first-order chi connectivity index (χ1) is 8.52. The summed E-state index contributed by atoms with van der Waals surface area (Å²) in [6.45, 7) is 6.53. The zero-order valence-electron chi connectivity index (χ0n) is 11.3. The summed E-state index contributed by atoms with van der Waals surface area (Å²) in [7, 11) is 0. The quantitative estimate of drug-likeness (QED) is 0.766. The molecule has 1 nitrogen and oxygen atoms in total. The van der Waals surface area contributed by atoms with Gasteiger partial charge in [-0.1, -0.05) is 54.9 Å². The highest BCUT2D eigenvalue weighted by atomic mass is 79.9. The maximum atomic E-state index is 12.7. The minimum absolute atomic E-state index is 0.0710. The minimum atomic E-state index is 0.0710. The third-order valence-electron chi connectivity index (χ3n) is 4.22. The Kier molecular flexibility index (Phi) is 4.26. The van der Waals surface area contributed by atoms with Crippen LogP contribution in [0.25, 0.3) is 0 Å². The molecular formula is C16H21BrO. The number of carbonyl (C=O) groups is 1. The molecule has 1 aromatic carbocycles. The molecule has 0 aliphatic heterocycles. The Morgan fingerprint density at radius 2 is 1.89 bits per heavy atom. The Morgan fingerprint density at radius 3 is 2.50 bits per heavy atom. The summed E-state index contributed by atoms with van der Waals surface area (Å²) in [4.78, 5) is 12.7. The van der Waals surface area contributed by atoms with E-state index in [1.165, 1.54) is 5.56 Å². The molecule has 0 N–H and O–H groups in total. The number of rotatable bonds is 2. The second-order valence-electron chi connectivity index (χ2n) is 5.81. The standard InChI is InChI=1S/C16H21BrO/c1-10(2)12-9-8-11(3)15(16(12)18)13-6-4-5-7-14(13)17/h4-7,10-12,15H,8-9H2,1-3H3/t11?,12-,15?/m0/s1. The van der Waals surface area contributed by atoms with Crippen LogP contribution in [0.1, 0.15) is 45.1 Å². The first-order valence-corrected chi connectivity index (χ1v) is 7.59. The molecule has 1 aromatic rings. The number of hydrogen-bond donors (Lipinski definition) is 0. The molecule has 18 heavy (non-hydrogen) atoms. The number of halogens is 1. The number of carbonyl (C=O) groups excluding carboxylic acids is 1. The van der Waals surface area contributed by atoms with Crippen LogP contribution in [0.4, 0.5) is 0 Å². The lowest BCUT2D eigenvalue weighted by atomic mass is 9.68.